The number of rotatable bonds is 4. The Bertz CT molecular complexity index is 154. The molecule has 0 aromatic carbocycles. The standard InChI is InChI=1S/C8H17N3O/c1-6(12)10-2-3-11-8-4-7(9)5-8/h7-8,11H,2-5,9H2,1H3,(H,10,12). The predicted molar refractivity (Wildman–Crippen MR) is 47.7 cm³/mol. The third kappa shape index (κ3) is 3.19. The van der Waals surface area contributed by atoms with Crippen LogP contribution in [0.25, 0.3) is 0 Å². The summed E-state index contributed by atoms with van der Waals surface area (Å²) in [5.41, 5.74) is 5.61. The second kappa shape index (κ2) is 4.42. The van der Waals surface area contributed by atoms with Crippen LogP contribution < -0.4 is 16.4 Å². The molecule has 0 radical (unpaired) electrons. The molecule has 0 atom stereocenters. The van der Waals surface area contributed by atoms with Gasteiger partial charge in [0.1, 0.15) is 0 Å². The van der Waals surface area contributed by atoms with Crippen molar-refractivity contribution in [3.63, 3.8) is 0 Å². The van der Waals surface area contributed by atoms with Crippen LogP contribution in [0.15, 0.2) is 0 Å². The minimum absolute atomic E-state index is 0.0297. The van der Waals surface area contributed by atoms with E-state index < -0.39 is 0 Å². The molecular formula is C8H17N3O. The Balaban J connectivity index is 1.87. The van der Waals surface area contributed by atoms with Crippen LogP contribution in [0.3, 0.4) is 0 Å². The van der Waals surface area contributed by atoms with Crippen molar-refractivity contribution >= 4 is 5.91 Å². The Labute approximate surface area is 72.9 Å². The Morgan fingerprint density at radius 1 is 1.50 bits per heavy atom. The fraction of sp³-hybridized carbons (Fsp3) is 0.875. The first-order valence-electron chi connectivity index (χ1n) is 4.42. The van der Waals surface area contributed by atoms with Crippen molar-refractivity contribution in [2.75, 3.05) is 13.1 Å². The molecule has 70 valence electrons. The molecule has 0 saturated heterocycles. The van der Waals surface area contributed by atoms with Gasteiger partial charge in [0.05, 0.1) is 0 Å². The monoisotopic (exact) mass is 171 g/mol. The molecule has 4 N–H and O–H groups in total. The van der Waals surface area contributed by atoms with Gasteiger partial charge in [0.2, 0.25) is 5.91 Å². The number of hydrogen-bond acceptors (Lipinski definition) is 3. The lowest BCUT2D eigenvalue weighted by Gasteiger charge is -2.33. The molecule has 0 heterocycles. The Kier molecular flexibility index (Phi) is 3.49. The van der Waals surface area contributed by atoms with Crippen molar-refractivity contribution in [3.8, 4) is 0 Å². The van der Waals surface area contributed by atoms with Crippen LogP contribution in [0.1, 0.15) is 19.8 Å². The summed E-state index contributed by atoms with van der Waals surface area (Å²) >= 11 is 0. The van der Waals surface area contributed by atoms with E-state index in [1.54, 1.807) is 0 Å². The zero-order valence-electron chi connectivity index (χ0n) is 7.47. The number of carbonyl (C=O) groups excluding carboxylic acids is 1. The molecule has 0 spiro atoms. The van der Waals surface area contributed by atoms with Gasteiger partial charge in [-0.2, -0.15) is 0 Å². The largest absolute Gasteiger partial charge is 0.355 e. The molecule has 1 saturated carbocycles. The fourth-order valence-electron chi connectivity index (χ4n) is 1.34. The van der Waals surface area contributed by atoms with Crippen molar-refractivity contribution in [3.05, 3.63) is 0 Å². The fourth-order valence-corrected chi connectivity index (χ4v) is 1.34. The van der Waals surface area contributed by atoms with E-state index in [1.165, 1.54) is 6.92 Å². The molecule has 0 aromatic rings. The van der Waals surface area contributed by atoms with Crippen LogP contribution in [-0.2, 0) is 4.79 Å². The van der Waals surface area contributed by atoms with E-state index in [1.807, 2.05) is 0 Å². The summed E-state index contributed by atoms with van der Waals surface area (Å²) in [7, 11) is 0. The van der Waals surface area contributed by atoms with Crippen molar-refractivity contribution in [2.24, 2.45) is 5.73 Å². The molecule has 1 aliphatic rings. The van der Waals surface area contributed by atoms with Gasteiger partial charge >= 0.3 is 0 Å². The second-order valence-corrected chi connectivity index (χ2v) is 3.37. The molecule has 0 unspecified atom stereocenters. The van der Waals surface area contributed by atoms with Crippen LogP contribution in [-0.4, -0.2) is 31.1 Å². The second-order valence-electron chi connectivity index (χ2n) is 3.37. The summed E-state index contributed by atoms with van der Waals surface area (Å²) in [5, 5.41) is 6.04. The summed E-state index contributed by atoms with van der Waals surface area (Å²) in [6, 6.07) is 0.969. The van der Waals surface area contributed by atoms with Gasteiger partial charge in [-0.05, 0) is 12.8 Å². The lowest BCUT2D eigenvalue weighted by molar-refractivity contribution is -0.118. The summed E-state index contributed by atoms with van der Waals surface area (Å²) < 4.78 is 0. The minimum atomic E-state index is 0.0297. The Hall–Kier alpha value is -0.610. The SMILES string of the molecule is CC(=O)NCCNC1CC(N)C1. The third-order valence-electron chi connectivity index (χ3n) is 2.11. The highest BCUT2D eigenvalue weighted by molar-refractivity contribution is 5.72. The molecule has 0 aliphatic heterocycles. The molecule has 1 fully saturated rings. The van der Waals surface area contributed by atoms with Crippen molar-refractivity contribution in [1.29, 1.82) is 0 Å². The lowest BCUT2D eigenvalue weighted by Crippen LogP contribution is -2.49. The first kappa shape index (κ1) is 9.48. The van der Waals surface area contributed by atoms with Crippen LogP contribution in [0.4, 0.5) is 0 Å². The van der Waals surface area contributed by atoms with Gasteiger partial charge in [0.15, 0.2) is 0 Å². The number of hydrogen-bond donors (Lipinski definition) is 3. The molecule has 12 heavy (non-hydrogen) atoms. The van der Waals surface area contributed by atoms with Gasteiger partial charge in [-0.25, -0.2) is 0 Å². The first-order valence-corrected chi connectivity index (χ1v) is 4.42. The molecule has 0 aromatic heterocycles. The summed E-state index contributed by atoms with van der Waals surface area (Å²) in [5.74, 6) is 0.0297. The zero-order valence-corrected chi connectivity index (χ0v) is 7.47. The highest BCUT2D eigenvalue weighted by Crippen LogP contribution is 2.16. The quantitative estimate of drug-likeness (QED) is 0.485. The molecular weight excluding hydrogens is 154 g/mol. The molecule has 1 rings (SSSR count). The molecule has 4 heteroatoms. The Morgan fingerprint density at radius 3 is 2.67 bits per heavy atom. The average Bonchev–Trinajstić information content (AvgIpc) is 1.93. The molecule has 1 aliphatic carbocycles. The summed E-state index contributed by atoms with van der Waals surface area (Å²) in [4.78, 5) is 10.5. The number of nitrogens with one attached hydrogen (secondary N) is 2. The van der Waals surface area contributed by atoms with Crippen molar-refractivity contribution in [2.45, 2.75) is 31.8 Å². The average molecular weight is 171 g/mol. The zero-order chi connectivity index (χ0) is 8.97. The maximum Gasteiger partial charge on any atom is 0.216 e. The third-order valence-corrected chi connectivity index (χ3v) is 2.11. The predicted octanol–water partition coefficient (Wildman–Crippen LogP) is -0.798. The van der Waals surface area contributed by atoms with Crippen molar-refractivity contribution in [1.82, 2.24) is 10.6 Å². The van der Waals surface area contributed by atoms with Gasteiger partial charge in [0, 0.05) is 32.1 Å². The van der Waals surface area contributed by atoms with E-state index in [2.05, 4.69) is 10.6 Å². The smallest absolute Gasteiger partial charge is 0.216 e. The van der Waals surface area contributed by atoms with Crippen LogP contribution in [0.2, 0.25) is 0 Å². The van der Waals surface area contributed by atoms with E-state index in [-0.39, 0.29) is 5.91 Å². The lowest BCUT2D eigenvalue weighted by atomic mass is 9.88. The topological polar surface area (TPSA) is 67.2 Å². The van der Waals surface area contributed by atoms with E-state index in [0.29, 0.717) is 18.6 Å². The van der Waals surface area contributed by atoms with Gasteiger partial charge in [-0.3, -0.25) is 4.79 Å². The highest BCUT2D eigenvalue weighted by atomic mass is 16.1. The normalized spacial score (nSPS) is 27.8. The van der Waals surface area contributed by atoms with E-state index in [9.17, 15) is 4.79 Å². The number of carbonyl (C=O) groups is 1. The molecule has 4 nitrogen and oxygen atoms in total. The maximum atomic E-state index is 10.5. The van der Waals surface area contributed by atoms with Crippen LogP contribution in [0, 0.1) is 0 Å². The molecule has 1 amide bonds. The number of amides is 1. The first-order chi connectivity index (χ1) is 5.68. The van der Waals surface area contributed by atoms with Gasteiger partial charge in [0.25, 0.3) is 0 Å². The maximum absolute atomic E-state index is 10.5. The minimum Gasteiger partial charge on any atom is -0.355 e. The van der Waals surface area contributed by atoms with E-state index in [4.69, 9.17) is 5.73 Å². The van der Waals surface area contributed by atoms with Gasteiger partial charge in [-0.15, -0.1) is 0 Å². The summed E-state index contributed by atoms with van der Waals surface area (Å²) in [6.45, 7) is 3.08. The van der Waals surface area contributed by atoms with E-state index in [0.717, 1.165) is 19.4 Å². The van der Waals surface area contributed by atoms with Gasteiger partial charge < -0.3 is 16.4 Å². The summed E-state index contributed by atoms with van der Waals surface area (Å²) in [6.07, 6.45) is 2.14. The van der Waals surface area contributed by atoms with Crippen molar-refractivity contribution < 1.29 is 4.79 Å². The molecule has 0 bridgehead atoms. The van der Waals surface area contributed by atoms with E-state index >= 15 is 0 Å². The number of nitrogens with two attached hydrogens (primary N) is 1. The Morgan fingerprint density at radius 2 is 2.17 bits per heavy atom. The highest BCUT2D eigenvalue weighted by Gasteiger charge is 2.24. The van der Waals surface area contributed by atoms with Crippen LogP contribution >= 0.6 is 0 Å². The van der Waals surface area contributed by atoms with Crippen LogP contribution in [0.5, 0.6) is 0 Å². The van der Waals surface area contributed by atoms with Gasteiger partial charge in [-0.1, -0.05) is 0 Å².